The summed E-state index contributed by atoms with van der Waals surface area (Å²) in [6, 6.07) is 3.96. The molecule has 6 heteroatoms. The molecule has 17 heavy (non-hydrogen) atoms. The van der Waals surface area contributed by atoms with Crippen LogP contribution < -0.4 is 0 Å². The third-order valence-electron chi connectivity index (χ3n) is 2.85. The number of non-ortho nitro benzene ring substituents is 1. The summed E-state index contributed by atoms with van der Waals surface area (Å²) in [5, 5.41) is 19.4. The molecule has 1 atom stereocenters. The zero-order valence-corrected chi connectivity index (χ0v) is 8.75. The highest BCUT2D eigenvalue weighted by atomic mass is 16.6. The number of hydrogen-bond donors (Lipinski definition) is 1. The van der Waals surface area contributed by atoms with Crippen LogP contribution in [0.25, 0.3) is 0 Å². The highest BCUT2D eigenvalue weighted by Crippen LogP contribution is 2.28. The summed E-state index contributed by atoms with van der Waals surface area (Å²) in [6.45, 7) is 0. The molecule has 1 aromatic rings. The van der Waals surface area contributed by atoms with Gasteiger partial charge in [0.15, 0.2) is 5.78 Å². The van der Waals surface area contributed by atoms with Crippen LogP contribution in [-0.2, 0) is 11.2 Å². The number of rotatable bonds is 2. The maximum atomic E-state index is 11.7. The second-order valence-corrected chi connectivity index (χ2v) is 3.97. The molecule has 0 spiro atoms. The van der Waals surface area contributed by atoms with Crippen LogP contribution in [0.1, 0.15) is 22.3 Å². The lowest BCUT2D eigenvalue weighted by Crippen LogP contribution is -2.26. The Hall–Kier alpha value is -2.24. The van der Waals surface area contributed by atoms with Crippen molar-refractivity contribution in [3.63, 3.8) is 0 Å². The van der Waals surface area contributed by atoms with Gasteiger partial charge in [-0.15, -0.1) is 0 Å². The lowest BCUT2D eigenvalue weighted by atomic mass is 9.83. The molecule has 1 N–H and O–H groups in total. The van der Waals surface area contributed by atoms with Crippen LogP contribution in [0, 0.1) is 16.0 Å². The number of carboxylic acids is 1. The van der Waals surface area contributed by atoms with E-state index in [4.69, 9.17) is 5.11 Å². The topological polar surface area (TPSA) is 97.5 Å². The maximum Gasteiger partial charge on any atom is 0.307 e. The fourth-order valence-corrected chi connectivity index (χ4v) is 1.96. The van der Waals surface area contributed by atoms with Crippen LogP contribution in [0.4, 0.5) is 5.69 Å². The quantitative estimate of drug-likeness (QED) is 0.617. The van der Waals surface area contributed by atoms with Crippen LogP contribution in [-0.4, -0.2) is 21.8 Å². The number of hydrogen-bond acceptors (Lipinski definition) is 4. The van der Waals surface area contributed by atoms with E-state index in [9.17, 15) is 19.7 Å². The Morgan fingerprint density at radius 3 is 2.71 bits per heavy atom. The SMILES string of the molecule is O=C1C[C@H](C(=O)O)Cc2ccc([N+](=O)[O-])cc21. The first-order valence-electron chi connectivity index (χ1n) is 5.02. The molecule has 0 unspecified atom stereocenters. The Bertz CT molecular complexity index is 523. The first kappa shape index (κ1) is 11.3. The van der Waals surface area contributed by atoms with Crippen LogP contribution >= 0.6 is 0 Å². The summed E-state index contributed by atoms with van der Waals surface area (Å²) in [7, 11) is 0. The molecule has 1 aliphatic carbocycles. The smallest absolute Gasteiger partial charge is 0.307 e. The highest BCUT2D eigenvalue weighted by molar-refractivity contribution is 6.01. The number of aliphatic carboxylic acids is 1. The standard InChI is InChI=1S/C11H9NO5/c13-10-4-7(11(14)15)3-6-1-2-8(12(16)17)5-9(6)10/h1-2,5,7H,3-4H2,(H,14,15)/t7-/m1/s1. The van der Waals surface area contributed by atoms with Gasteiger partial charge in [-0.25, -0.2) is 0 Å². The predicted octanol–water partition coefficient (Wildman–Crippen LogP) is 1.42. The summed E-state index contributed by atoms with van der Waals surface area (Å²) in [5.74, 6) is -2.08. The molecule has 88 valence electrons. The molecule has 0 bridgehead atoms. The summed E-state index contributed by atoms with van der Waals surface area (Å²) in [5.41, 5.74) is 0.696. The van der Waals surface area contributed by atoms with E-state index in [1.54, 1.807) is 0 Å². The Kier molecular flexibility index (Phi) is 2.63. The minimum absolute atomic E-state index is 0.0937. The third kappa shape index (κ3) is 2.01. The predicted molar refractivity (Wildman–Crippen MR) is 56.9 cm³/mol. The molecule has 0 fully saturated rings. The van der Waals surface area contributed by atoms with Gasteiger partial charge in [-0.1, -0.05) is 6.07 Å². The van der Waals surface area contributed by atoms with Crippen LogP contribution in [0.3, 0.4) is 0 Å². The molecule has 0 aliphatic heterocycles. The first-order chi connectivity index (χ1) is 7.99. The van der Waals surface area contributed by atoms with E-state index in [1.165, 1.54) is 18.2 Å². The van der Waals surface area contributed by atoms with Gasteiger partial charge in [-0.2, -0.15) is 0 Å². The molecule has 0 heterocycles. The normalized spacial score (nSPS) is 18.6. The van der Waals surface area contributed by atoms with Gasteiger partial charge in [0.1, 0.15) is 0 Å². The number of benzene rings is 1. The highest BCUT2D eigenvalue weighted by Gasteiger charge is 2.30. The van der Waals surface area contributed by atoms with Crippen molar-refractivity contribution >= 4 is 17.4 Å². The van der Waals surface area contributed by atoms with E-state index in [2.05, 4.69) is 0 Å². The molecule has 1 aliphatic rings. The number of carbonyl (C=O) groups is 2. The number of carboxylic acid groups (broad SMARTS) is 1. The van der Waals surface area contributed by atoms with E-state index in [0.717, 1.165) is 0 Å². The van der Waals surface area contributed by atoms with Crippen LogP contribution in [0.5, 0.6) is 0 Å². The third-order valence-corrected chi connectivity index (χ3v) is 2.85. The van der Waals surface area contributed by atoms with Crippen molar-refractivity contribution in [1.82, 2.24) is 0 Å². The van der Waals surface area contributed by atoms with Gasteiger partial charge in [-0.3, -0.25) is 19.7 Å². The van der Waals surface area contributed by atoms with Crippen molar-refractivity contribution in [3.8, 4) is 0 Å². The zero-order valence-electron chi connectivity index (χ0n) is 8.75. The van der Waals surface area contributed by atoms with E-state index in [-0.39, 0.29) is 29.9 Å². The van der Waals surface area contributed by atoms with Gasteiger partial charge in [0.25, 0.3) is 5.69 Å². The largest absolute Gasteiger partial charge is 0.481 e. The van der Waals surface area contributed by atoms with Gasteiger partial charge in [-0.05, 0) is 12.0 Å². The van der Waals surface area contributed by atoms with Crippen LogP contribution in [0.2, 0.25) is 0 Å². The number of Topliss-reactive ketones (excluding diaryl/α,β-unsaturated/α-hetero) is 1. The van der Waals surface area contributed by atoms with E-state index >= 15 is 0 Å². The number of carbonyl (C=O) groups excluding carboxylic acids is 1. The number of fused-ring (bicyclic) bond motifs is 1. The van der Waals surface area contributed by atoms with Crippen molar-refractivity contribution in [3.05, 3.63) is 39.4 Å². The van der Waals surface area contributed by atoms with E-state index < -0.39 is 16.8 Å². The van der Waals surface area contributed by atoms with Crippen molar-refractivity contribution < 1.29 is 19.6 Å². The molecular weight excluding hydrogens is 226 g/mol. The number of nitrogens with zero attached hydrogens (tertiary/aromatic N) is 1. The van der Waals surface area contributed by atoms with Gasteiger partial charge >= 0.3 is 5.97 Å². The minimum atomic E-state index is -1.01. The Morgan fingerprint density at radius 2 is 2.12 bits per heavy atom. The molecule has 1 aromatic carbocycles. The summed E-state index contributed by atoms with van der Waals surface area (Å²) in [6.07, 6.45) is 0.151. The summed E-state index contributed by atoms with van der Waals surface area (Å²) < 4.78 is 0. The monoisotopic (exact) mass is 235 g/mol. The first-order valence-corrected chi connectivity index (χ1v) is 5.02. The van der Waals surface area contributed by atoms with Gasteiger partial charge in [0.2, 0.25) is 0 Å². The number of nitro groups is 1. The van der Waals surface area contributed by atoms with Gasteiger partial charge in [0, 0.05) is 24.1 Å². The van der Waals surface area contributed by atoms with Gasteiger partial charge < -0.3 is 5.11 Å². The van der Waals surface area contributed by atoms with Gasteiger partial charge in [0.05, 0.1) is 10.8 Å². The summed E-state index contributed by atoms with van der Waals surface area (Å²) >= 11 is 0. The molecule has 0 saturated heterocycles. The Morgan fingerprint density at radius 1 is 1.41 bits per heavy atom. The Labute approximate surface area is 96.0 Å². The van der Waals surface area contributed by atoms with Crippen molar-refractivity contribution in [2.45, 2.75) is 12.8 Å². The molecule has 0 aromatic heterocycles. The molecule has 0 amide bonds. The molecule has 0 radical (unpaired) electrons. The van der Waals surface area contributed by atoms with E-state index in [0.29, 0.717) is 5.56 Å². The molecule has 6 nitrogen and oxygen atoms in total. The molecule has 0 saturated carbocycles. The lowest BCUT2D eigenvalue weighted by Gasteiger charge is -2.19. The zero-order chi connectivity index (χ0) is 12.6. The molecule has 2 rings (SSSR count). The fourth-order valence-electron chi connectivity index (χ4n) is 1.96. The summed E-state index contributed by atoms with van der Waals surface area (Å²) in [4.78, 5) is 32.5. The van der Waals surface area contributed by atoms with Crippen molar-refractivity contribution in [1.29, 1.82) is 0 Å². The fraction of sp³-hybridized carbons (Fsp3) is 0.273. The average molecular weight is 235 g/mol. The molecular formula is C11H9NO5. The maximum absolute atomic E-state index is 11.7. The second-order valence-electron chi connectivity index (χ2n) is 3.97. The lowest BCUT2D eigenvalue weighted by molar-refractivity contribution is -0.384. The number of nitro benzene ring substituents is 1. The van der Waals surface area contributed by atoms with Crippen molar-refractivity contribution in [2.75, 3.05) is 0 Å². The van der Waals surface area contributed by atoms with Crippen LogP contribution in [0.15, 0.2) is 18.2 Å². The van der Waals surface area contributed by atoms with E-state index in [1.807, 2.05) is 0 Å². The van der Waals surface area contributed by atoms with Crippen molar-refractivity contribution in [2.24, 2.45) is 5.92 Å². The number of ketones is 1. The second kappa shape index (κ2) is 3.97. The Balaban J connectivity index is 2.42. The minimum Gasteiger partial charge on any atom is -0.481 e. The average Bonchev–Trinajstić information content (AvgIpc) is 2.28.